The Morgan fingerprint density at radius 2 is 1.90 bits per heavy atom. The molecule has 0 N–H and O–H groups in total. The third-order valence-corrected chi connectivity index (χ3v) is 4.30. The van der Waals surface area contributed by atoms with Gasteiger partial charge in [0.1, 0.15) is 6.73 Å². The summed E-state index contributed by atoms with van der Waals surface area (Å²) in [5, 5.41) is 0.849. The second-order valence-electron chi connectivity index (χ2n) is 5.67. The average Bonchev–Trinajstić information content (AvgIpc) is 3.05. The highest BCUT2D eigenvalue weighted by Crippen LogP contribution is 2.38. The summed E-state index contributed by atoms with van der Waals surface area (Å²) < 4.78 is 45.8. The van der Waals surface area contributed by atoms with Crippen LogP contribution in [0.5, 0.6) is 0 Å². The van der Waals surface area contributed by atoms with Crippen LogP contribution in [0.3, 0.4) is 0 Å². The van der Waals surface area contributed by atoms with E-state index >= 15 is 0 Å². The first-order valence-corrected chi connectivity index (χ1v) is 7.20. The van der Waals surface area contributed by atoms with E-state index in [0.29, 0.717) is 11.4 Å². The minimum atomic E-state index is -4.32. The molecule has 0 unspecified atom stereocenters. The first-order valence-electron chi connectivity index (χ1n) is 7.20. The number of alkyl halides is 3. The lowest BCUT2D eigenvalue weighted by Crippen LogP contribution is -2.08. The molecule has 114 valence electrons. The SMILES string of the molecule is COCn1c(C2CCCC2)cc2ccc(C(F)(F)F)cc21. The van der Waals surface area contributed by atoms with Crippen molar-refractivity contribution in [3.05, 3.63) is 35.5 Å². The molecule has 1 heterocycles. The van der Waals surface area contributed by atoms with Gasteiger partial charge in [0.15, 0.2) is 0 Å². The van der Waals surface area contributed by atoms with Crippen molar-refractivity contribution in [2.45, 2.75) is 44.5 Å². The maximum atomic E-state index is 12.9. The molecule has 0 radical (unpaired) electrons. The molecule has 1 aliphatic rings. The molecular formula is C16H18F3NO. The van der Waals surface area contributed by atoms with Crippen LogP contribution < -0.4 is 0 Å². The molecule has 0 amide bonds. The quantitative estimate of drug-likeness (QED) is 0.784. The highest BCUT2D eigenvalue weighted by molar-refractivity contribution is 5.82. The number of hydrogen-bond acceptors (Lipinski definition) is 1. The first-order chi connectivity index (χ1) is 10.0. The summed E-state index contributed by atoms with van der Waals surface area (Å²) in [6.45, 7) is 0.288. The van der Waals surface area contributed by atoms with Crippen LogP contribution in [0.1, 0.15) is 42.9 Å². The standard InChI is InChI=1S/C16H18F3NO/c1-21-10-20-14(11-4-2-3-5-11)8-12-6-7-13(9-15(12)20)16(17,18)19/h6-9,11H,2-5,10H2,1H3. The normalized spacial score (nSPS) is 17.0. The van der Waals surface area contributed by atoms with Gasteiger partial charge >= 0.3 is 6.18 Å². The number of benzene rings is 1. The molecule has 1 aromatic carbocycles. The third kappa shape index (κ3) is 2.67. The van der Waals surface area contributed by atoms with Gasteiger partial charge in [0.2, 0.25) is 0 Å². The Morgan fingerprint density at radius 1 is 1.19 bits per heavy atom. The first kappa shape index (κ1) is 14.4. The lowest BCUT2D eigenvalue weighted by atomic mass is 10.0. The molecular weight excluding hydrogens is 279 g/mol. The van der Waals surface area contributed by atoms with Crippen LogP contribution in [0.4, 0.5) is 13.2 Å². The van der Waals surface area contributed by atoms with Gasteiger partial charge in [0, 0.05) is 12.8 Å². The molecule has 21 heavy (non-hydrogen) atoms. The van der Waals surface area contributed by atoms with Gasteiger partial charge in [-0.25, -0.2) is 0 Å². The Labute approximate surface area is 121 Å². The van der Waals surface area contributed by atoms with Crippen LogP contribution in [-0.4, -0.2) is 11.7 Å². The molecule has 3 rings (SSSR count). The average molecular weight is 297 g/mol. The second kappa shape index (κ2) is 5.37. The molecule has 1 saturated carbocycles. The van der Waals surface area contributed by atoms with Crippen LogP contribution in [0.25, 0.3) is 10.9 Å². The monoisotopic (exact) mass is 297 g/mol. The van der Waals surface area contributed by atoms with Crippen molar-refractivity contribution in [2.75, 3.05) is 7.11 Å². The molecule has 0 aliphatic heterocycles. The maximum absolute atomic E-state index is 12.9. The fraction of sp³-hybridized carbons (Fsp3) is 0.500. The summed E-state index contributed by atoms with van der Waals surface area (Å²) in [5.41, 5.74) is 1.10. The van der Waals surface area contributed by atoms with E-state index in [9.17, 15) is 13.2 Å². The molecule has 0 atom stereocenters. The zero-order valence-electron chi connectivity index (χ0n) is 11.9. The zero-order valence-corrected chi connectivity index (χ0v) is 11.9. The Kier molecular flexibility index (Phi) is 3.69. The van der Waals surface area contributed by atoms with Gasteiger partial charge in [0.25, 0.3) is 0 Å². The number of hydrogen-bond donors (Lipinski definition) is 0. The lowest BCUT2D eigenvalue weighted by Gasteiger charge is -2.15. The van der Waals surface area contributed by atoms with Crippen molar-refractivity contribution in [2.24, 2.45) is 0 Å². The van der Waals surface area contributed by atoms with Gasteiger partial charge in [-0.1, -0.05) is 18.9 Å². The molecule has 0 saturated heterocycles. The fourth-order valence-electron chi connectivity index (χ4n) is 3.29. The number of fused-ring (bicyclic) bond motifs is 1. The van der Waals surface area contributed by atoms with Crippen molar-refractivity contribution in [1.29, 1.82) is 0 Å². The molecule has 2 nitrogen and oxygen atoms in total. The molecule has 0 bridgehead atoms. The summed E-state index contributed by atoms with van der Waals surface area (Å²) >= 11 is 0. The third-order valence-electron chi connectivity index (χ3n) is 4.30. The summed E-state index contributed by atoms with van der Waals surface area (Å²) in [6.07, 6.45) is 0.266. The minimum Gasteiger partial charge on any atom is -0.364 e. The van der Waals surface area contributed by atoms with Crippen LogP contribution >= 0.6 is 0 Å². The van der Waals surface area contributed by atoms with Gasteiger partial charge in [-0.2, -0.15) is 13.2 Å². The van der Waals surface area contributed by atoms with E-state index in [0.717, 1.165) is 30.0 Å². The van der Waals surface area contributed by atoms with Gasteiger partial charge in [0.05, 0.1) is 11.1 Å². The van der Waals surface area contributed by atoms with Crippen molar-refractivity contribution in [3.63, 3.8) is 0 Å². The second-order valence-corrected chi connectivity index (χ2v) is 5.67. The van der Waals surface area contributed by atoms with Crippen molar-refractivity contribution in [1.82, 2.24) is 4.57 Å². The van der Waals surface area contributed by atoms with E-state index < -0.39 is 11.7 Å². The zero-order chi connectivity index (χ0) is 15.0. The van der Waals surface area contributed by atoms with Gasteiger partial charge in [-0.05, 0) is 42.3 Å². The summed E-state index contributed by atoms with van der Waals surface area (Å²) in [4.78, 5) is 0. The van der Waals surface area contributed by atoms with E-state index in [4.69, 9.17) is 4.74 Å². The smallest absolute Gasteiger partial charge is 0.364 e. The molecule has 1 fully saturated rings. The Hall–Kier alpha value is -1.49. The summed E-state index contributed by atoms with van der Waals surface area (Å²) in [5.74, 6) is 0.432. The van der Waals surface area contributed by atoms with Crippen molar-refractivity contribution in [3.8, 4) is 0 Å². The number of rotatable bonds is 3. The predicted octanol–water partition coefficient (Wildman–Crippen LogP) is 4.92. The molecule has 1 aromatic heterocycles. The van der Waals surface area contributed by atoms with E-state index in [1.54, 1.807) is 13.2 Å². The van der Waals surface area contributed by atoms with Gasteiger partial charge in [-0.15, -0.1) is 0 Å². The van der Waals surface area contributed by atoms with Crippen molar-refractivity contribution < 1.29 is 17.9 Å². The summed E-state index contributed by atoms with van der Waals surface area (Å²) in [6, 6.07) is 5.96. The fourth-order valence-corrected chi connectivity index (χ4v) is 3.29. The molecule has 5 heteroatoms. The highest BCUT2D eigenvalue weighted by Gasteiger charge is 2.31. The molecule has 2 aromatic rings. The lowest BCUT2D eigenvalue weighted by molar-refractivity contribution is -0.137. The largest absolute Gasteiger partial charge is 0.416 e. The van der Waals surface area contributed by atoms with Crippen LogP contribution in [0.15, 0.2) is 24.3 Å². The number of halogens is 3. The van der Waals surface area contributed by atoms with Crippen LogP contribution in [0.2, 0.25) is 0 Å². The topological polar surface area (TPSA) is 14.2 Å². The predicted molar refractivity (Wildman–Crippen MR) is 75.2 cm³/mol. The van der Waals surface area contributed by atoms with E-state index in [2.05, 4.69) is 0 Å². The molecule has 0 spiro atoms. The number of methoxy groups -OCH3 is 1. The van der Waals surface area contributed by atoms with E-state index in [1.165, 1.54) is 18.9 Å². The highest BCUT2D eigenvalue weighted by atomic mass is 19.4. The Bertz CT molecular complexity index is 639. The van der Waals surface area contributed by atoms with Crippen LogP contribution in [-0.2, 0) is 17.6 Å². The number of nitrogens with zero attached hydrogens (tertiary/aromatic N) is 1. The number of aromatic nitrogens is 1. The van der Waals surface area contributed by atoms with Gasteiger partial charge < -0.3 is 9.30 Å². The van der Waals surface area contributed by atoms with Crippen molar-refractivity contribution >= 4 is 10.9 Å². The van der Waals surface area contributed by atoms with E-state index in [1.807, 2.05) is 10.6 Å². The Balaban J connectivity index is 2.13. The summed E-state index contributed by atoms with van der Waals surface area (Å²) in [7, 11) is 1.57. The maximum Gasteiger partial charge on any atom is 0.416 e. The van der Waals surface area contributed by atoms with Gasteiger partial charge in [-0.3, -0.25) is 0 Å². The minimum absolute atomic E-state index is 0.288. The Morgan fingerprint density at radius 3 is 2.52 bits per heavy atom. The van der Waals surface area contributed by atoms with Crippen LogP contribution in [0, 0.1) is 0 Å². The molecule has 1 aliphatic carbocycles. The van der Waals surface area contributed by atoms with E-state index in [-0.39, 0.29) is 6.73 Å². The number of ether oxygens (including phenoxy) is 1.